The minimum absolute atomic E-state index is 0.0582. The number of nitrogens with one attached hydrogen (secondary N) is 2. The maximum Gasteiger partial charge on any atom is 0.243 e. The lowest BCUT2D eigenvalue weighted by molar-refractivity contribution is -0.141. The molecule has 2 aliphatic heterocycles. The van der Waals surface area contributed by atoms with E-state index in [-0.39, 0.29) is 36.6 Å². The van der Waals surface area contributed by atoms with E-state index in [2.05, 4.69) is 73.2 Å². The molecule has 0 radical (unpaired) electrons. The molecule has 2 atom stereocenters. The Morgan fingerprint density at radius 3 is 2.25 bits per heavy atom. The van der Waals surface area contributed by atoms with Crippen molar-refractivity contribution >= 4 is 40.6 Å². The van der Waals surface area contributed by atoms with Crippen LogP contribution in [0, 0.1) is 18.8 Å². The highest BCUT2D eigenvalue weighted by molar-refractivity contribution is 7.98. The molecule has 6 rings (SSSR count). The lowest BCUT2D eigenvalue weighted by Crippen LogP contribution is -2.50. The van der Waals surface area contributed by atoms with Gasteiger partial charge in [-0.25, -0.2) is 4.98 Å². The van der Waals surface area contributed by atoms with E-state index in [1.165, 1.54) is 19.3 Å². The third kappa shape index (κ3) is 15.9. The van der Waals surface area contributed by atoms with Gasteiger partial charge in [0.1, 0.15) is 17.5 Å². The highest BCUT2D eigenvalue weighted by atomic mass is 32.2. The number of likely N-dealkylation sites (tertiary alicyclic amines) is 2. The van der Waals surface area contributed by atoms with E-state index in [9.17, 15) is 14.4 Å². The number of benzene rings is 1. The fraction of sp³-hybridized carbons (Fsp3) is 0.511. The number of nitrogens with zero attached hydrogens (tertiary/aromatic N) is 4. The number of pyridine rings is 2. The summed E-state index contributed by atoms with van der Waals surface area (Å²) in [6.45, 7) is 14.6. The van der Waals surface area contributed by atoms with Gasteiger partial charge in [-0.3, -0.25) is 19.4 Å². The maximum atomic E-state index is 13.2. The Hall–Kier alpha value is -5.02. The number of terminal acetylenes is 1. The van der Waals surface area contributed by atoms with Gasteiger partial charge < -0.3 is 29.3 Å². The number of rotatable bonds is 15. The fourth-order valence-electron chi connectivity index (χ4n) is 6.62. The number of hydrogen-bond acceptors (Lipinski definition) is 9. The first-order valence-electron chi connectivity index (χ1n) is 21.0. The van der Waals surface area contributed by atoms with Crippen molar-refractivity contribution in [3.05, 3.63) is 73.1 Å². The molecule has 3 aliphatic rings. The lowest BCUT2D eigenvalue weighted by atomic mass is 10.1. The van der Waals surface area contributed by atoms with Crippen LogP contribution in [-0.2, 0) is 14.4 Å². The van der Waals surface area contributed by atoms with Crippen molar-refractivity contribution in [2.75, 3.05) is 33.9 Å². The number of amides is 3. The van der Waals surface area contributed by atoms with E-state index >= 15 is 0 Å². The van der Waals surface area contributed by atoms with E-state index in [0.717, 1.165) is 84.2 Å². The summed E-state index contributed by atoms with van der Waals surface area (Å²) in [5, 5.41) is 4.77. The second kappa shape index (κ2) is 26.2. The average molecular weight is 827 g/mol. The summed E-state index contributed by atoms with van der Waals surface area (Å²) in [5.74, 6) is 2.23. The molecule has 11 nitrogen and oxygen atoms in total. The van der Waals surface area contributed by atoms with E-state index in [1.807, 2.05) is 53.4 Å². The number of ether oxygens (including phenoxy) is 2. The van der Waals surface area contributed by atoms with E-state index in [1.54, 1.807) is 37.3 Å². The highest BCUT2D eigenvalue weighted by Gasteiger charge is 2.35. The second-order valence-electron chi connectivity index (χ2n) is 15.3. The van der Waals surface area contributed by atoms with Crippen LogP contribution >= 0.6 is 11.9 Å². The number of carbonyl (C=O) groups is 3. The molecular weight excluding hydrogens is 761 g/mol. The van der Waals surface area contributed by atoms with Crippen molar-refractivity contribution in [1.82, 2.24) is 29.8 Å². The monoisotopic (exact) mass is 826 g/mol. The Bertz CT molecular complexity index is 1820. The van der Waals surface area contributed by atoms with Gasteiger partial charge in [-0.1, -0.05) is 45.9 Å². The van der Waals surface area contributed by atoms with Crippen LogP contribution in [0.1, 0.15) is 98.3 Å². The van der Waals surface area contributed by atoms with Crippen LogP contribution in [0.3, 0.4) is 0 Å². The molecule has 4 heterocycles. The predicted molar refractivity (Wildman–Crippen MR) is 242 cm³/mol. The van der Waals surface area contributed by atoms with Gasteiger partial charge in [-0.2, -0.15) is 0 Å². The van der Waals surface area contributed by atoms with Gasteiger partial charge in [0.05, 0.1) is 37.2 Å². The van der Waals surface area contributed by atoms with Crippen molar-refractivity contribution in [2.45, 2.75) is 116 Å². The molecule has 2 N–H and O–H groups in total. The third-order valence-electron chi connectivity index (χ3n) is 9.65. The zero-order valence-corrected chi connectivity index (χ0v) is 36.9. The van der Waals surface area contributed by atoms with Gasteiger partial charge in [0, 0.05) is 67.1 Å². The summed E-state index contributed by atoms with van der Waals surface area (Å²) < 4.78 is 14.2. The Morgan fingerprint density at radius 1 is 0.932 bits per heavy atom. The normalized spacial score (nSPS) is 16.6. The summed E-state index contributed by atoms with van der Waals surface area (Å²) >= 11 is 1.73. The molecule has 320 valence electrons. The molecule has 0 spiro atoms. The first kappa shape index (κ1) is 48.3. The van der Waals surface area contributed by atoms with Crippen molar-refractivity contribution < 1.29 is 23.9 Å². The van der Waals surface area contributed by atoms with Crippen molar-refractivity contribution in [1.29, 1.82) is 0 Å². The maximum absolute atomic E-state index is 13.2. The van der Waals surface area contributed by atoms with Crippen molar-refractivity contribution in [2.24, 2.45) is 5.92 Å². The van der Waals surface area contributed by atoms with Gasteiger partial charge in [0.25, 0.3) is 0 Å². The molecule has 1 saturated carbocycles. The molecule has 2 aromatic heterocycles. The molecule has 0 bridgehead atoms. The van der Waals surface area contributed by atoms with Crippen LogP contribution < -0.4 is 19.5 Å². The summed E-state index contributed by atoms with van der Waals surface area (Å²) in [6.07, 6.45) is 22.8. The molecule has 59 heavy (non-hydrogen) atoms. The number of piperidine rings is 1. The number of methoxy groups -OCH3 is 2. The Morgan fingerprint density at radius 2 is 1.64 bits per heavy atom. The Kier molecular flexibility index (Phi) is 21.4. The van der Waals surface area contributed by atoms with E-state index in [0.29, 0.717) is 24.6 Å². The summed E-state index contributed by atoms with van der Waals surface area (Å²) in [6, 6.07) is 12.7. The SMILES string of the molecule is C#C.C=CCC(NC(=O)[C@@H]1CCCN1C(=O)CCC(=O)N1CCCCC1)/C(=C\CC)NSC1CC1.CC(C)C.COc1ccc2c(OC)cc(-c3ccccn3)nc2c1. The zero-order valence-electron chi connectivity index (χ0n) is 36.1. The Labute approximate surface area is 357 Å². The fourth-order valence-corrected chi connectivity index (χ4v) is 7.52. The standard InChI is InChI=1S/C25H40N4O3S.C16H14N2O2.C4H10.C2H2/c1-3-9-20(21(10-4-2)27-33-19-12-13-19)26-25(32)22-11-8-18-29(22)24(31)15-14-23(30)28-16-6-5-7-17-28;1-19-11-6-7-12-14(9-11)18-15(10-16(12)20-2)13-5-3-4-8-17-13;1-4(2)3;1-2/h3,10,19-20,22,27H,1,4-9,11-18H2,2H3,(H,26,32);3-10H,1-2H3;4H,1-3H3;1-2H/b21-10+;;;/t20?,22-;;;/m0.../s1. The van der Waals surface area contributed by atoms with E-state index < -0.39 is 6.04 Å². The molecule has 12 heteroatoms. The van der Waals surface area contributed by atoms with Gasteiger partial charge in [0.15, 0.2) is 0 Å². The van der Waals surface area contributed by atoms with Crippen LogP contribution in [0.4, 0.5) is 0 Å². The molecule has 3 fully saturated rings. The lowest BCUT2D eigenvalue weighted by Gasteiger charge is -2.29. The van der Waals surface area contributed by atoms with Crippen molar-refractivity contribution in [3.8, 4) is 35.7 Å². The predicted octanol–water partition coefficient (Wildman–Crippen LogP) is 8.75. The largest absolute Gasteiger partial charge is 0.497 e. The summed E-state index contributed by atoms with van der Waals surface area (Å²) in [4.78, 5) is 51.1. The first-order valence-corrected chi connectivity index (χ1v) is 21.8. The smallest absolute Gasteiger partial charge is 0.243 e. The molecule has 3 amide bonds. The number of fused-ring (bicyclic) bond motifs is 1. The molecular formula is C47H66N6O5S. The van der Waals surface area contributed by atoms with Crippen LogP contribution in [0.2, 0.25) is 0 Å². The molecule has 3 aromatic rings. The van der Waals surface area contributed by atoms with Gasteiger partial charge >= 0.3 is 0 Å². The number of aromatic nitrogens is 2. The van der Waals surface area contributed by atoms with Crippen LogP contribution in [0.25, 0.3) is 22.3 Å². The zero-order chi connectivity index (χ0) is 43.2. The number of hydrogen-bond donors (Lipinski definition) is 2. The van der Waals surface area contributed by atoms with E-state index in [4.69, 9.17) is 9.47 Å². The quantitative estimate of drug-likeness (QED) is 0.0879. The Balaban J connectivity index is 0.000000302. The summed E-state index contributed by atoms with van der Waals surface area (Å²) in [5.41, 5.74) is 3.42. The summed E-state index contributed by atoms with van der Waals surface area (Å²) in [7, 11) is 3.29. The van der Waals surface area contributed by atoms with Gasteiger partial charge in [-0.15, -0.1) is 19.4 Å². The van der Waals surface area contributed by atoms with Gasteiger partial charge in [0.2, 0.25) is 17.7 Å². The molecule has 1 aromatic carbocycles. The minimum atomic E-state index is -0.464. The van der Waals surface area contributed by atoms with Crippen LogP contribution in [0.5, 0.6) is 11.5 Å². The molecule has 1 aliphatic carbocycles. The van der Waals surface area contributed by atoms with Crippen molar-refractivity contribution in [3.63, 3.8) is 0 Å². The third-order valence-corrected chi connectivity index (χ3v) is 10.8. The average Bonchev–Trinajstić information content (AvgIpc) is 3.96. The number of carbonyl (C=O) groups excluding carboxylic acids is 3. The van der Waals surface area contributed by atoms with Crippen LogP contribution in [0.15, 0.2) is 73.1 Å². The minimum Gasteiger partial charge on any atom is -0.497 e. The second-order valence-corrected chi connectivity index (χ2v) is 16.4. The first-order chi connectivity index (χ1) is 28.6. The van der Waals surface area contributed by atoms with Gasteiger partial charge in [-0.05, 0) is 99.9 Å². The molecule has 1 unspecified atom stereocenters. The molecule has 2 saturated heterocycles. The number of allylic oxidation sites excluding steroid dienone is 1. The topological polar surface area (TPSA) is 126 Å². The van der Waals surface area contributed by atoms with Crippen LogP contribution in [-0.4, -0.2) is 88.7 Å². The highest BCUT2D eigenvalue weighted by Crippen LogP contribution is 2.33.